The number of carboxylic acid groups (broad SMARTS) is 1. The third-order valence-electron chi connectivity index (χ3n) is 5.28. The van der Waals surface area contributed by atoms with Crippen LogP contribution < -0.4 is 11.1 Å². The van der Waals surface area contributed by atoms with Crippen molar-refractivity contribution < 1.29 is 9.90 Å². The molecule has 0 aromatic heterocycles. The van der Waals surface area contributed by atoms with E-state index in [1.807, 2.05) is 6.07 Å². The number of hydrogen-bond donors (Lipinski definition) is 3. The minimum Gasteiger partial charge on any atom is -0.481 e. The highest BCUT2D eigenvalue weighted by Crippen LogP contribution is 2.23. The first-order valence-electron chi connectivity index (χ1n) is 9.61. The summed E-state index contributed by atoms with van der Waals surface area (Å²) in [6, 6.07) is 19.3. The Hall–Kier alpha value is -2.21. The standard InChI is InChI=1S/C22H29N3O2/c1-16-9-11-17(12-10-16)14-19-22(23)25(13-5-8-21(26)27)15-20(24-19)18-6-3-2-4-7-18/h2-4,6-7,9-12,19-20,22,24H,5,8,13-15,23H2,1H3,(H,26,27). The molecule has 2 aromatic carbocycles. The molecule has 0 radical (unpaired) electrons. The number of aryl methyl sites for hydroxylation is 1. The van der Waals surface area contributed by atoms with Crippen LogP contribution in [0.4, 0.5) is 0 Å². The molecule has 3 rings (SSSR count). The van der Waals surface area contributed by atoms with Crippen LogP contribution in [0, 0.1) is 6.92 Å². The molecular weight excluding hydrogens is 338 g/mol. The highest BCUT2D eigenvalue weighted by Gasteiger charge is 2.33. The van der Waals surface area contributed by atoms with Crippen molar-refractivity contribution >= 4 is 5.97 Å². The second kappa shape index (κ2) is 9.13. The summed E-state index contributed by atoms with van der Waals surface area (Å²) < 4.78 is 0. The van der Waals surface area contributed by atoms with E-state index in [1.165, 1.54) is 16.7 Å². The van der Waals surface area contributed by atoms with E-state index in [0.717, 1.165) is 13.0 Å². The van der Waals surface area contributed by atoms with Crippen LogP contribution in [0.3, 0.4) is 0 Å². The zero-order chi connectivity index (χ0) is 19.2. The number of aliphatic carboxylic acids is 1. The predicted molar refractivity (Wildman–Crippen MR) is 107 cm³/mol. The second-order valence-electron chi connectivity index (χ2n) is 7.41. The molecule has 1 saturated heterocycles. The lowest BCUT2D eigenvalue weighted by molar-refractivity contribution is -0.137. The first-order chi connectivity index (χ1) is 13.0. The molecule has 0 spiro atoms. The number of piperazine rings is 1. The Labute approximate surface area is 161 Å². The van der Waals surface area contributed by atoms with E-state index in [-0.39, 0.29) is 24.7 Å². The fourth-order valence-electron chi connectivity index (χ4n) is 3.74. The van der Waals surface area contributed by atoms with Crippen molar-refractivity contribution in [2.45, 2.75) is 44.4 Å². The van der Waals surface area contributed by atoms with E-state index in [0.29, 0.717) is 13.0 Å². The van der Waals surface area contributed by atoms with Gasteiger partial charge in [0.25, 0.3) is 0 Å². The van der Waals surface area contributed by atoms with Gasteiger partial charge in [0, 0.05) is 31.6 Å². The summed E-state index contributed by atoms with van der Waals surface area (Å²) in [6.45, 7) is 3.57. The summed E-state index contributed by atoms with van der Waals surface area (Å²) in [5.74, 6) is -0.755. The highest BCUT2D eigenvalue weighted by atomic mass is 16.4. The van der Waals surface area contributed by atoms with E-state index in [1.54, 1.807) is 0 Å². The van der Waals surface area contributed by atoms with Crippen LogP contribution in [-0.2, 0) is 11.2 Å². The van der Waals surface area contributed by atoms with Gasteiger partial charge in [-0.05, 0) is 30.9 Å². The summed E-state index contributed by atoms with van der Waals surface area (Å²) in [5.41, 5.74) is 10.3. The smallest absolute Gasteiger partial charge is 0.303 e. The molecule has 2 aromatic rings. The summed E-state index contributed by atoms with van der Waals surface area (Å²) in [4.78, 5) is 13.1. The summed E-state index contributed by atoms with van der Waals surface area (Å²) in [6.07, 6.45) is 1.50. The van der Waals surface area contributed by atoms with Gasteiger partial charge in [0.05, 0.1) is 6.17 Å². The van der Waals surface area contributed by atoms with Crippen LogP contribution in [0.1, 0.15) is 35.6 Å². The van der Waals surface area contributed by atoms with Crippen molar-refractivity contribution in [1.29, 1.82) is 0 Å². The largest absolute Gasteiger partial charge is 0.481 e. The SMILES string of the molecule is Cc1ccc(CC2NC(c3ccccc3)CN(CCCC(=O)O)C2N)cc1. The van der Waals surface area contributed by atoms with Crippen LogP contribution in [0.2, 0.25) is 0 Å². The van der Waals surface area contributed by atoms with Crippen LogP contribution in [0.5, 0.6) is 0 Å². The van der Waals surface area contributed by atoms with Gasteiger partial charge in [0.2, 0.25) is 0 Å². The molecule has 5 nitrogen and oxygen atoms in total. The average molecular weight is 367 g/mol. The molecule has 27 heavy (non-hydrogen) atoms. The molecule has 3 atom stereocenters. The molecule has 144 valence electrons. The molecule has 0 amide bonds. The van der Waals surface area contributed by atoms with Gasteiger partial charge in [-0.2, -0.15) is 0 Å². The Bertz CT molecular complexity index is 733. The number of nitrogens with two attached hydrogens (primary N) is 1. The van der Waals surface area contributed by atoms with Gasteiger partial charge < -0.3 is 16.2 Å². The van der Waals surface area contributed by atoms with Crippen molar-refractivity contribution in [3.8, 4) is 0 Å². The van der Waals surface area contributed by atoms with Crippen molar-refractivity contribution in [3.05, 3.63) is 71.3 Å². The molecule has 0 saturated carbocycles. The Morgan fingerprint density at radius 3 is 2.56 bits per heavy atom. The number of carbonyl (C=O) groups is 1. The molecule has 1 fully saturated rings. The van der Waals surface area contributed by atoms with Crippen LogP contribution in [-0.4, -0.2) is 41.3 Å². The highest BCUT2D eigenvalue weighted by molar-refractivity contribution is 5.66. The number of nitrogens with one attached hydrogen (secondary N) is 1. The van der Waals surface area contributed by atoms with Gasteiger partial charge >= 0.3 is 5.97 Å². The summed E-state index contributed by atoms with van der Waals surface area (Å²) >= 11 is 0. The van der Waals surface area contributed by atoms with E-state index >= 15 is 0 Å². The Balaban J connectivity index is 1.75. The van der Waals surface area contributed by atoms with Gasteiger partial charge in [0.15, 0.2) is 0 Å². The molecule has 4 N–H and O–H groups in total. The first kappa shape index (κ1) is 19.5. The summed E-state index contributed by atoms with van der Waals surface area (Å²) in [7, 11) is 0. The van der Waals surface area contributed by atoms with Crippen LogP contribution >= 0.6 is 0 Å². The van der Waals surface area contributed by atoms with Crippen LogP contribution in [0.25, 0.3) is 0 Å². The number of carboxylic acids is 1. The summed E-state index contributed by atoms with van der Waals surface area (Å²) in [5, 5.41) is 12.7. The van der Waals surface area contributed by atoms with E-state index in [2.05, 4.69) is 65.7 Å². The van der Waals surface area contributed by atoms with Crippen molar-refractivity contribution in [1.82, 2.24) is 10.2 Å². The molecule has 0 aliphatic carbocycles. The Kier molecular flexibility index (Phi) is 6.61. The fourth-order valence-corrected chi connectivity index (χ4v) is 3.74. The minimum atomic E-state index is -0.755. The van der Waals surface area contributed by atoms with Gasteiger partial charge in [-0.25, -0.2) is 0 Å². The number of rotatable bonds is 7. The topological polar surface area (TPSA) is 78.6 Å². The van der Waals surface area contributed by atoms with Crippen molar-refractivity contribution in [3.63, 3.8) is 0 Å². The molecule has 1 aliphatic rings. The van der Waals surface area contributed by atoms with Gasteiger partial charge in [-0.3, -0.25) is 9.69 Å². The average Bonchev–Trinajstić information content (AvgIpc) is 2.66. The number of benzene rings is 2. The predicted octanol–water partition coefficient (Wildman–Crippen LogP) is 2.70. The van der Waals surface area contributed by atoms with Gasteiger partial charge in [-0.1, -0.05) is 60.2 Å². The lowest BCUT2D eigenvalue weighted by atomic mass is 9.95. The normalized spacial score (nSPS) is 23.3. The third kappa shape index (κ3) is 5.39. The second-order valence-corrected chi connectivity index (χ2v) is 7.41. The zero-order valence-electron chi connectivity index (χ0n) is 15.8. The molecular formula is C22H29N3O2. The maximum Gasteiger partial charge on any atom is 0.303 e. The van der Waals surface area contributed by atoms with Crippen molar-refractivity contribution in [2.75, 3.05) is 13.1 Å². The van der Waals surface area contributed by atoms with Gasteiger partial charge in [0.1, 0.15) is 0 Å². The van der Waals surface area contributed by atoms with Gasteiger partial charge in [-0.15, -0.1) is 0 Å². The lowest BCUT2D eigenvalue weighted by Crippen LogP contribution is -2.63. The fraction of sp³-hybridized carbons (Fsp3) is 0.409. The maximum atomic E-state index is 10.9. The maximum absolute atomic E-state index is 10.9. The van der Waals surface area contributed by atoms with Crippen LogP contribution in [0.15, 0.2) is 54.6 Å². The number of nitrogens with zero attached hydrogens (tertiary/aromatic N) is 1. The number of hydrogen-bond acceptors (Lipinski definition) is 4. The molecule has 0 bridgehead atoms. The van der Waals surface area contributed by atoms with Crippen molar-refractivity contribution in [2.24, 2.45) is 5.73 Å². The third-order valence-corrected chi connectivity index (χ3v) is 5.28. The molecule has 1 aliphatic heterocycles. The Morgan fingerprint density at radius 2 is 1.89 bits per heavy atom. The van der Waals surface area contributed by atoms with E-state index < -0.39 is 5.97 Å². The minimum absolute atomic E-state index is 0.108. The lowest BCUT2D eigenvalue weighted by Gasteiger charge is -2.44. The quantitative estimate of drug-likeness (QED) is 0.701. The zero-order valence-corrected chi connectivity index (χ0v) is 15.8. The Morgan fingerprint density at radius 1 is 1.19 bits per heavy atom. The van der Waals surface area contributed by atoms with E-state index in [9.17, 15) is 4.79 Å². The first-order valence-corrected chi connectivity index (χ1v) is 9.61. The monoisotopic (exact) mass is 367 g/mol. The molecule has 1 heterocycles. The molecule has 3 unspecified atom stereocenters. The van der Waals surface area contributed by atoms with E-state index in [4.69, 9.17) is 10.8 Å². The molecule has 5 heteroatoms.